The summed E-state index contributed by atoms with van der Waals surface area (Å²) in [5.74, 6) is -3.75. The van der Waals surface area contributed by atoms with Gasteiger partial charge in [-0.2, -0.15) is 9.97 Å². The third-order valence-electron chi connectivity index (χ3n) is 4.73. The largest absolute Gasteiger partial charge is 0.467 e. The maximum Gasteiger partial charge on any atom is 0.365 e. The number of anilines is 1. The van der Waals surface area contributed by atoms with Crippen molar-refractivity contribution in [3.8, 4) is 0 Å². The van der Waals surface area contributed by atoms with Gasteiger partial charge in [-0.3, -0.25) is 9.13 Å². The van der Waals surface area contributed by atoms with Crippen LogP contribution in [0.15, 0.2) is 6.33 Å². The van der Waals surface area contributed by atoms with E-state index in [1.807, 2.05) is 0 Å². The molecule has 3 heterocycles. The normalized spacial score (nSPS) is 32.2. The topological polar surface area (TPSA) is 192 Å². The number of fused-ring (bicyclic) bond motifs is 2. The summed E-state index contributed by atoms with van der Waals surface area (Å²) in [4.78, 5) is 41.7. The molecule has 5 N–H and O–H groups in total. The second-order valence-electron chi connectivity index (χ2n) is 6.46. The second kappa shape index (κ2) is 6.54. The molecule has 0 bridgehead atoms. The molecule has 2 fully saturated rings. The molecule has 0 radical (unpaired) electrons. The Kier molecular flexibility index (Phi) is 4.59. The predicted molar refractivity (Wildman–Crippen MR) is 91.2 cm³/mol. The van der Waals surface area contributed by atoms with Crippen molar-refractivity contribution in [2.24, 2.45) is 0 Å². The van der Waals surface area contributed by atoms with Gasteiger partial charge in [-0.1, -0.05) is 0 Å². The van der Waals surface area contributed by atoms with Crippen LogP contribution in [0, 0.1) is 0 Å². The van der Waals surface area contributed by atoms with Gasteiger partial charge in [0.25, 0.3) is 5.85 Å². The Morgan fingerprint density at radius 1 is 1.52 bits per heavy atom. The summed E-state index contributed by atoms with van der Waals surface area (Å²) in [5.41, 5.74) is 3.63. The molecular weight excluding hydrogens is 440 g/mol. The lowest BCUT2D eigenvalue weighted by atomic mass is 10.2. The van der Waals surface area contributed by atoms with Gasteiger partial charge in [0.2, 0.25) is 5.28 Å². The van der Waals surface area contributed by atoms with Crippen molar-refractivity contribution < 1.29 is 42.9 Å². The van der Waals surface area contributed by atoms with Crippen molar-refractivity contribution >= 4 is 42.1 Å². The lowest BCUT2D eigenvalue weighted by Gasteiger charge is -2.24. The Morgan fingerprint density at radius 3 is 2.76 bits per heavy atom. The van der Waals surface area contributed by atoms with Gasteiger partial charge in [0, 0.05) is 0 Å². The number of nitrogens with two attached hydrogens (primary N) is 1. The second-order valence-corrected chi connectivity index (χ2v) is 8.44. The lowest BCUT2D eigenvalue weighted by Crippen LogP contribution is -2.37. The zero-order valence-corrected chi connectivity index (χ0v) is 16.1. The van der Waals surface area contributed by atoms with Crippen molar-refractivity contribution in [3.05, 3.63) is 11.6 Å². The molecule has 29 heavy (non-hydrogen) atoms. The molecule has 13 nitrogen and oxygen atoms in total. The molecule has 0 spiro atoms. The minimum absolute atomic E-state index is 0.0419. The summed E-state index contributed by atoms with van der Waals surface area (Å²) >= 11 is 5.76. The van der Waals surface area contributed by atoms with Crippen LogP contribution in [-0.2, 0) is 23.6 Å². The van der Waals surface area contributed by atoms with Crippen LogP contribution < -0.4 is 5.73 Å². The van der Waals surface area contributed by atoms with Gasteiger partial charge in [0.15, 0.2) is 29.5 Å². The van der Waals surface area contributed by atoms with E-state index in [0.29, 0.717) is 0 Å². The molecule has 1 aliphatic heterocycles. The fourth-order valence-electron chi connectivity index (χ4n) is 3.27. The minimum Gasteiger partial charge on any atom is -0.467 e. The van der Waals surface area contributed by atoms with Crippen LogP contribution in [0.25, 0.3) is 11.2 Å². The van der Waals surface area contributed by atoms with Gasteiger partial charge in [0.1, 0.15) is 17.7 Å². The average Bonchev–Trinajstić information content (AvgIpc) is 2.90. The number of imidazole rings is 1. The quantitative estimate of drug-likeness (QED) is 0.248. The number of hydrogen-bond acceptors (Lipinski definition) is 10. The molecule has 2 aromatic heterocycles. The standard InChI is InChI=1S/C13H14ClFN5O8P/c1-26-10(21)11(29(23,24)25)28-6-5-13(6,22)4(15)9(27-5)20-2-17-3-7(16)18-12(14)19-8(3)20/h2,4-6,9,11,22H,1H3,(H2,16,18,19)(H2,23,24,25)/t4-,5-,6?,9-,11+,13+/m1/s1. The highest BCUT2D eigenvalue weighted by Gasteiger charge is 2.79. The van der Waals surface area contributed by atoms with Gasteiger partial charge < -0.3 is 34.8 Å². The SMILES string of the molecule is COC(=O)[C@@H](OC1[C@H]2O[C@@H](n3cnc4c(N)nc(Cl)nc43)[C@@H](F)[C@@]12O)P(=O)(O)O. The molecule has 1 saturated heterocycles. The number of nitrogens with zero attached hydrogens (tertiary/aromatic N) is 4. The van der Waals surface area contributed by atoms with Crippen molar-refractivity contribution in [2.75, 3.05) is 12.8 Å². The molecule has 6 atom stereocenters. The molecule has 4 rings (SSSR count). The molecule has 1 aliphatic carbocycles. The summed E-state index contributed by atoms with van der Waals surface area (Å²) in [6.07, 6.45) is -5.19. The number of carbonyl (C=O) groups is 1. The maximum atomic E-state index is 15.1. The molecule has 1 unspecified atom stereocenters. The molecule has 2 aliphatic rings. The fourth-order valence-corrected chi connectivity index (χ4v) is 4.11. The number of nitrogen functional groups attached to an aromatic ring is 1. The van der Waals surface area contributed by atoms with Gasteiger partial charge in [-0.05, 0) is 11.6 Å². The van der Waals surface area contributed by atoms with Crippen molar-refractivity contribution in [1.82, 2.24) is 19.5 Å². The van der Waals surface area contributed by atoms with E-state index in [0.717, 1.165) is 11.7 Å². The van der Waals surface area contributed by atoms with E-state index in [-0.39, 0.29) is 22.3 Å². The van der Waals surface area contributed by atoms with E-state index in [4.69, 9.17) is 26.8 Å². The van der Waals surface area contributed by atoms with Gasteiger partial charge in [0.05, 0.1) is 13.4 Å². The van der Waals surface area contributed by atoms with E-state index in [1.54, 1.807) is 0 Å². The number of ether oxygens (including phenoxy) is 3. The summed E-state index contributed by atoms with van der Waals surface area (Å²) in [6.45, 7) is 0. The number of alkyl halides is 1. The molecule has 158 valence electrons. The van der Waals surface area contributed by atoms with Gasteiger partial charge in [-0.25, -0.2) is 14.2 Å². The number of rotatable bonds is 5. The average molecular weight is 454 g/mol. The molecule has 0 amide bonds. The molecule has 16 heteroatoms. The van der Waals surface area contributed by atoms with Crippen molar-refractivity contribution in [3.63, 3.8) is 0 Å². The first-order chi connectivity index (χ1) is 13.5. The Morgan fingerprint density at radius 2 is 2.21 bits per heavy atom. The maximum absolute atomic E-state index is 15.1. The zero-order valence-electron chi connectivity index (χ0n) is 14.4. The zero-order chi connectivity index (χ0) is 21.3. The lowest BCUT2D eigenvalue weighted by molar-refractivity contribution is -0.155. The first-order valence-corrected chi connectivity index (χ1v) is 10.0. The van der Waals surface area contributed by atoms with E-state index < -0.39 is 49.6 Å². The smallest absolute Gasteiger partial charge is 0.365 e. The number of hydrogen-bond donors (Lipinski definition) is 4. The summed E-state index contributed by atoms with van der Waals surface area (Å²) < 4.78 is 42.4. The molecule has 0 aromatic carbocycles. The number of carbonyl (C=O) groups excluding carboxylic acids is 1. The molecule has 2 aromatic rings. The summed E-state index contributed by atoms with van der Waals surface area (Å²) in [7, 11) is -4.21. The molecule has 1 saturated carbocycles. The van der Waals surface area contributed by atoms with Gasteiger partial charge in [-0.15, -0.1) is 0 Å². The number of methoxy groups -OCH3 is 1. The minimum atomic E-state index is -5.11. The number of esters is 1. The van der Waals surface area contributed by atoms with Crippen LogP contribution in [0.3, 0.4) is 0 Å². The number of halogens is 2. The van der Waals surface area contributed by atoms with E-state index in [2.05, 4.69) is 19.7 Å². The third-order valence-corrected chi connectivity index (χ3v) is 5.85. The summed E-state index contributed by atoms with van der Waals surface area (Å²) in [5, 5.41) is 10.4. The number of aliphatic hydroxyl groups is 1. The van der Waals surface area contributed by atoms with Crippen LogP contribution in [0.1, 0.15) is 6.23 Å². The van der Waals surface area contributed by atoms with E-state index in [1.165, 1.54) is 6.33 Å². The van der Waals surface area contributed by atoms with Crippen LogP contribution >= 0.6 is 19.2 Å². The highest BCUT2D eigenvalue weighted by molar-refractivity contribution is 7.53. The highest BCUT2D eigenvalue weighted by Crippen LogP contribution is 2.59. The highest BCUT2D eigenvalue weighted by atomic mass is 35.5. The van der Waals surface area contributed by atoms with Crippen LogP contribution in [0.4, 0.5) is 10.2 Å². The fraction of sp³-hybridized carbons (Fsp3) is 0.538. The first-order valence-electron chi connectivity index (χ1n) is 7.96. The van der Waals surface area contributed by atoms with Gasteiger partial charge >= 0.3 is 13.6 Å². The van der Waals surface area contributed by atoms with Crippen LogP contribution in [0.5, 0.6) is 0 Å². The summed E-state index contributed by atoms with van der Waals surface area (Å²) in [6, 6.07) is 0. The Bertz CT molecular complexity index is 1050. The Balaban J connectivity index is 1.59. The Hall–Kier alpha value is -1.93. The first kappa shape index (κ1) is 20.3. The van der Waals surface area contributed by atoms with E-state index in [9.17, 15) is 24.3 Å². The van der Waals surface area contributed by atoms with Crippen LogP contribution in [-0.4, -0.2) is 77.3 Å². The van der Waals surface area contributed by atoms with Crippen molar-refractivity contribution in [1.29, 1.82) is 0 Å². The number of aromatic nitrogens is 4. The predicted octanol–water partition coefficient (Wildman–Crippen LogP) is -0.896. The monoisotopic (exact) mass is 453 g/mol. The Labute approximate surface area is 165 Å². The van der Waals surface area contributed by atoms with Crippen LogP contribution in [0.2, 0.25) is 5.28 Å². The van der Waals surface area contributed by atoms with Crippen molar-refractivity contribution in [2.45, 2.75) is 36.1 Å². The third kappa shape index (κ3) is 2.99. The molecular formula is C13H14ClFN5O8P. The van der Waals surface area contributed by atoms with E-state index >= 15 is 4.39 Å².